The molecule has 1 spiro atoms. The van der Waals surface area contributed by atoms with E-state index in [9.17, 15) is 24.5 Å². The molecule has 1 N–H and O–H groups in total. The standard InChI is InChI=1S/C24H25N5O5/c30-21(27-13-11-26(12-14-27)19-7-3-4-8-20(19)29(33)34)16-28-22(31)24(25-23(28)32)10-9-17-5-1-2-6-18(17)15-24/h1-8H,9-16H2,(H,25,32). The van der Waals surface area contributed by atoms with Gasteiger partial charge in [-0.05, 0) is 30.0 Å². The summed E-state index contributed by atoms with van der Waals surface area (Å²) in [5.41, 5.74) is 1.79. The van der Waals surface area contributed by atoms with E-state index in [4.69, 9.17) is 0 Å². The van der Waals surface area contributed by atoms with Gasteiger partial charge in [-0.3, -0.25) is 24.6 Å². The Kier molecular flexibility index (Phi) is 5.43. The lowest BCUT2D eigenvalue weighted by atomic mass is 9.78. The van der Waals surface area contributed by atoms with Gasteiger partial charge in [0, 0.05) is 38.7 Å². The summed E-state index contributed by atoms with van der Waals surface area (Å²) in [6.07, 6.45) is 1.62. The van der Waals surface area contributed by atoms with Crippen molar-refractivity contribution in [1.29, 1.82) is 0 Å². The van der Waals surface area contributed by atoms with Gasteiger partial charge in [-0.2, -0.15) is 0 Å². The monoisotopic (exact) mass is 463 g/mol. The number of hydrogen-bond donors (Lipinski definition) is 1. The van der Waals surface area contributed by atoms with Crippen molar-refractivity contribution >= 4 is 29.2 Å². The van der Waals surface area contributed by atoms with Gasteiger partial charge in [0.25, 0.3) is 11.6 Å². The lowest BCUT2D eigenvalue weighted by Crippen LogP contribution is -2.53. The van der Waals surface area contributed by atoms with Crippen LogP contribution in [0.2, 0.25) is 0 Å². The predicted molar refractivity (Wildman–Crippen MR) is 123 cm³/mol. The number of imide groups is 1. The van der Waals surface area contributed by atoms with Gasteiger partial charge in [-0.25, -0.2) is 4.79 Å². The van der Waals surface area contributed by atoms with Crippen LogP contribution in [0, 0.1) is 10.1 Å². The Bertz CT molecular complexity index is 1180. The largest absolute Gasteiger partial charge is 0.362 e. The Labute approximate surface area is 196 Å². The van der Waals surface area contributed by atoms with Gasteiger partial charge in [0.05, 0.1) is 4.92 Å². The fraction of sp³-hybridized carbons (Fsp3) is 0.375. The van der Waals surface area contributed by atoms with Crippen LogP contribution in [0.15, 0.2) is 48.5 Å². The summed E-state index contributed by atoms with van der Waals surface area (Å²) in [5, 5.41) is 14.2. The number of amides is 4. The van der Waals surface area contributed by atoms with Crippen LogP contribution in [0.3, 0.4) is 0 Å². The molecular formula is C24H25N5O5. The van der Waals surface area contributed by atoms with Crippen molar-refractivity contribution in [2.75, 3.05) is 37.6 Å². The zero-order valence-electron chi connectivity index (χ0n) is 18.6. The van der Waals surface area contributed by atoms with Crippen LogP contribution < -0.4 is 10.2 Å². The van der Waals surface area contributed by atoms with E-state index in [-0.39, 0.29) is 24.0 Å². The van der Waals surface area contributed by atoms with Crippen LogP contribution in [-0.2, 0) is 22.4 Å². The van der Waals surface area contributed by atoms with Crippen molar-refractivity contribution in [2.24, 2.45) is 0 Å². The molecule has 0 radical (unpaired) electrons. The molecule has 2 saturated heterocycles. The molecule has 1 aliphatic carbocycles. The van der Waals surface area contributed by atoms with Gasteiger partial charge in [0.1, 0.15) is 17.8 Å². The number of benzene rings is 2. The Hall–Kier alpha value is -3.95. The minimum atomic E-state index is -0.989. The smallest absolute Gasteiger partial charge is 0.325 e. The third kappa shape index (κ3) is 3.74. The van der Waals surface area contributed by atoms with E-state index in [0.717, 1.165) is 10.5 Å². The van der Waals surface area contributed by atoms with Crippen molar-refractivity contribution in [2.45, 2.75) is 24.8 Å². The van der Waals surface area contributed by atoms with Crippen LogP contribution in [0.5, 0.6) is 0 Å². The number of carbonyl (C=O) groups excluding carboxylic acids is 3. The van der Waals surface area contributed by atoms with Crippen molar-refractivity contribution in [3.8, 4) is 0 Å². The molecule has 3 aliphatic rings. The van der Waals surface area contributed by atoms with Crippen LogP contribution >= 0.6 is 0 Å². The van der Waals surface area contributed by atoms with Gasteiger partial charge in [0.15, 0.2) is 0 Å². The second-order valence-electron chi connectivity index (χ2n) is 8.96. The van der Waals surface area contributed by atoms with Crippen LogP contribution in [-0.4, -0.2) is 70.8 Å². The molecule has 10 nitrogen and oxygen atoms in total. The summed E-state index contributed by atoms with van der Waals surface area (Å²) in [6.45, 7) is 1.26. The molecule has 0 bridgehead atoms. The highest BCUT2D eigenvalue weighted by molar-refractivity contribution is 6.09. The second-order valence-corrected chi connectivity index (χ2v) is 8.96. The van der Waals surface area contributed by atoms with Gasteiger partial charge in [-0.1, -0.05) is 36.4 Å². The highest BCUT2D eigenvalue weighted by Crippen LogP contribution is 2.34. The quantitative estimate of drug-likeness (QED) is 0.419. The average Bonchev–Trinajstić information content (AvgIpc) is 3.07. The van der Waals surface area contributed by atoms with E-state index in [1.807, 2.05) is 29.2 Å². The molecule has 5 rings (SSSR count). The summed E-state index contributed by atoms with van der Waals surface area (Å²) in [5.74, 6) is -0.655. The maximum atomic E-state index is 13.3. The molecule has 4 amide bonds. The average molecular weight is 463 g/mol. The number of anilines is 1. The van der Waals surface area contributed by atoms with E-state index in [2.05, 4.69) is 5.32 Å². The molecule has 1 atom stereocenters. The Balaban J connectivity index is 1.22. The maximum absolute atomic E-state index is 13.3. The number of piperazine rings is 1. The first kappa shape index (κ1) is 21.9. The van der Waals surface area contributed by atoms with Gasteiger partial charge in [-0.15, -0.1) is 0 Å². The first-order chi connectivity index (χ1) is 16.4. The number of nitrogens with one attached hydrogen (secondary N) is 1. The van der Waals surface area contributed by atoms with Gasteiger partial charge >= 0.3 is 6.03 Å². The van der Waals surface area contributed by atoms with Gasteiger partial charge in [0.2, 0.25) is 5.91 Å². The minimum absolute atomic E-state index is 0.0287. The summed E-state index contributed by atoms with van der Waals surface area (Å²) < 4.78 is 0. The van der Waals surface area contributed by atoms with Crippen molar-refractivity contribution in [1.82, 2.24) is 15.1 Å². The number of urea groups is 1. The number of carbonyl (C=O) groups is 3. The van der Waals surface area contributed by atoms with Gasteiger partial charge < -0.3 is 15.1 Å². The van der Waals surface area contributed by atoms with Crippen LogP contribution in [0.1, 0.15) is 17.5 Å². The van der Waals surface area contributed by atoms with Crippen LogP contribution in [0.4, 0.5) is 16.2 Å². The maximum Gasteiger partial charge on any atom is 0.325 e. The van der Waals surface area contributed by atoms with E-state index in [0.29, 0.717) is 51.1 Å². The lowest BCUT2D eigenvalue weighted by Gasteiger charge is -2.36. The second kappa shape index (κ2) is 8.44. The SMILES string of the molecule is O=C(CN1C(=O)NC2(CCc3ccccc3C2)C1=O)N1CCN(c2ccccc2[N+](=O)[O-])CC1. The predicted octanol–water partition coefficient (Wildman–Crippen LogP) is 1.72. The molecule has 0 aromatic heterocycles. The summed E-state index contributed by atoms with van der Waals surface area (Å²) in [6, 6.07) is 13.9. The molecule has 176 valence electrons. The Morgan fingerprint density at radius 2 is 1.68 bits per heavy atom. The summed E-state index contributed by atoms with van der Waals surface area (Å²) >= 11 is 0. The number of hydrogen-bond acceptors (Lipinski definition) is 6. The molecular weight excluding hydrogens is 438 g/mol. The fourth-order valence-corrected chi connectivity index (χ4v) is 5.16. The molecule has 2 fully saturated rings. The number of rotatable bonds is 4. The van der Waals surface area contributed by atoms with Crippen molar-refractivity contribution < 1.29 is 19.3 Å². The Morgan fingerprint density at radius 1 is 1.00 bits per heavy atom. The third-order valence-corrected chi connectivity index (χ3v) is 7.02. The first-order valence-electron chi connectivity index (χ1n) is 11.3. The summed E-state index contributed by atoms with van der Waals surface area (Å²) in [4.78, 5) is 54.3. The summed E-state index contributed by atoms with van der Waals surface area (Å²) in [7, 11) is 0. The number of aryl methyl sites for hydroxylation is 1. The number of para-hydroxylation sites is 2. The minimum Gasteiger partial charge on any atom is -0.362 e. The topological polar surface area (TPSA) is 116 Å². The van der Waals surface area contributed by atoms with Crippen molar-refractivity contribution in [3.63, 3.8) is 0 Å². The molecule has 2 aromatic rings. The number of nitro groups is 1. The fourth-order valence-electron chi connectivity index (χ4n) is 5.16. The molecule has 0 saturated carbocycles. The zero-order chi connectivity index (χ0) is 23.9. The highest BCUT2D eigenvalue weighted by atomic mass is 16.6. The van der Waals surface area contributed by atoms with E-state index >= 15 is 0 Å². The molecule has 34 heavy (non-hydrogen) atoms. The van der Waals surface area contributed by atoms with E-state index in [1.54, 1.807) is 23.1 Å². The zero-order valence-corrected chi connectivity index (χ0v) is 18.6. The first-order valence-corrected chi connectivity index (χ1v) is 11.3. The van der Waals surface area contributed by atoms with E-state index < -0.39 is 16.5 Å². The van der Waals surface area contributed by atoms with E-state index in [1.165, 1.54) is 11.6 Å². The lowest BCUT2D eigenvalue weighted by molar-refractivity contribution is -0.384. The Morgan fingerprint density at radius 3 is 2.41 bits per heavy atom. The molecule has 1 unspecified atom stereocenters. The molecule has 10 heteroatoms. The number of nitrogens with zero attached hydrogens (tertiary/aromatic N) is 4. The van der Waals surface area contributed by atoms with Crippen molar-refractivity contribution in [3.05, 3.63) is 69.8 Å². The third-order valence-electron chi connectivity index (χ3n) is 7.02. The number of nitro benzene ring substituents is 1. The highest BCUT2D eigenvalue weighted by Gasteiger charge is 2.52. The number of fused-ring (bicyclic) bond motifs is 1. The molecule has 2 aliphatic heterocycles. The molecule has 2 heterocycles. The normalized spacial score (nSPS) is 22.1. The molecule has 2 aromatic carbocycles. The van der Waals surface area contributed by atoms with Crippen LogP contribution in [0.25, 0.3) is 0 Å².